The molecule has 0 bridgehead atoms. The minimum absolute atomic E-state index is 0.240. The van der Waals surface area contributed by atoms with Gasteiger partial charge in [0, 0.05) is 0 Å². The number of rotatable bonds is 1. The molecule has 0 radical (unpaired) electrons. The van der Waals surface area contributed by atoms with Gasteiger partial charge < -0.3 is 0 Å². The zero-order valence-corrected chi connectivity index (χ0v) is 9.89. The molecule has 1 aromatic rings. The molecule has 76 valence electrons. The van der Waals surface area contributed by atoms with Gasteiger partial charge in [0.05, 0.1) is 0 Å². The predicted octanol–water partition coefficient (Wildman–Crippen LogP) is 4.41. The highest BCUT2D eigenvalue weighted by atomic mass is 14.2. The molecule has 1 rings (SSSR count). The Morgan fingerprint density at radius 3 is 2.36 bits per heavy atom. The lowest BCUT2D eigenvalue weighted by Gasteiger charge is -2.19. The van der Waals surface area contributed by atoms with Gasteiger partial charge in [-0.2, -0.15) is 0 Å². The fraction of sp³-hybridized carbons (Fsp3) is 0.429. The third kappa shape index (κ3) is 2.47. The van der Waals surface area contributed by atoms with Gasteiger partial charge in [-0.1, -0.05) is 51.1 Å². The molecular weight excluding hydrogens is 168 g/mol. The number of hydrogen-bond acceptors (Lipinski definition) is 0. The molecule has 0 amide bonds. The fourth-order valence-corrected chi connectivity index (χ4v) is 1.40. The largest absolute Gasteiger partial charge is 0.0841 e. The van der Waals surface area contributed by atoms with E-state index in [0.29, 0.717) is 0 Å². The molecule has 0 heterocycles. The highest BCUT2D eigenvalue weighted by Gasteiger charge is 2.13. The SMILES string of the molecule is C/C=C(\C)c1cccc(C(C)(C)C)c1. The van der Waals surface area contributed by atoms with Crippen molar-refractivity contribution in [3.8, 4) is 0 Å². The molecule has 0 N–H and O–H groups in total. The summed E-state index contributed by atoms with van der Waals surface area (Å²) in [7, 11) is 0. The second-order valence-corrected chi connectivity index (χ2v) is 4.80. The van der Waals surface area contributed by atoms with Crippen molar-refractivity contribution in [2.45, 2.75) is 40.0 Å². The molecule has 0 aliphatic rings. The zero-order valence-electron chi connectivity index (χ0n) is 9.89. The van der Waals surface area contributed by atoms with Crippen LogP contribution in [0.5, 0.6) is 0 Å². The van der Waals surface area contributed by atoms with E-state index in [1.165, 1.54) is 16.7 Å². The van der Waals surface area contributed by atoms with Crippen LogP contribution in [0.25, 0.3) is 5.57 Å². The highest BCUT2D eigenvalue weighted by Crippen LogP contribution is 2.25. The van der Waals surface area contributed by atoms with Crippen molar-refractivity contribution in [1.82, 2.24) is 0 Å². The van der Waals surface area contributed by atoms with Gasteiger partial charge in [-0.25, -0.2) is 0 Å². The molecule has 0 saturated heterocycles. The Hall–Kier alpha value is -1.04. The van der Waals surface area contributed by atoms with Crippen LogP contribution in [0, 0.1) is 0 Å². The molecular formula is C14H20. The lowest BCUT2D eigenvalue weighted by atomic mass is 9.85. The summed E-state index contributed by atoms with van der Waals surface area (Å²) in [6, 6.07) is 8.80. The van der Waals surface area contributed by atoms with Crippen LogP contribution < -0.4 is 0 Å². The maximum atomic E-state index is 2.29. The highest BCUT2D eigenvalue weighted by molar-refractivity contribution is 5.64. The molecule has 0 atom stereocenters. The van der Waals surface area contributed by atoms with Crippen molar-refractivity contribution < 1.29 is 0 Å². The molecule has 14 heavy (non-hydrogen) atoms. The summed E-state index contributed by atoms with van der Waals surface area (Å²) in [4.78, 5) is 0. The van der Waals surface area contributed by atoms with Gasteiger partial charge in [-0.15, -0.1) is 0 Å². The molecule has 0 aliphatic carbocycles. The van der Waals surface area contributed by atoms with E-state index in [1.807, 2.05) is 0 Å². The molecule has 1 aromatic carbocycles. The van der Waals surface area contributed by atoms with Gasteiger partial charge in [0.25, 0.3) is 0 Å². The number of allylic oxidation sites excluding steroid dienone is 2. The Balaban J connectivity index is 3.14. The first-order valence-electron chi connectivity index (χ1n) is 5.19. The maximum absolute atomic E-state index is 2.29. The molecule has 0 unspecified atom stereocenters. The van der Waals surface area contributed by atoms with Crippen molar-refractivity contribution in [2.75, 3.05) is 0 Å². The Morgan fingerprint density at radius 1 is 1.21 bits per heavy atom. The van der Waals surface area contributed by atoms with Crippen molar-refractivity contribution in [3.63, 3.8) is 0 Å². The van der Waals surface area contributed by atoms with E-state index in [-0.39, 0.29) is 5.41 Å². The first kappa shape index (κ1) is 11.0. The monoisotopic (exact) mass is 188 g/mol. The third-order valence-corrected chi connectivity index (χ3v) is 2.62. The third-order valence-electron chi connectivity index (χ3n) is 2.62. The van der Waals surface area contributed by atoms with E-state index in [0.717, 1.165) is 0 Å². The van der Waals surface area contributed by atoms with Gasteiger partial charge in [-0.05, 0) is 36.0 Å². The van der Waals surface area contributed by atoms with Gasteiger partial charge in [0.1, 0.15) is 0 Å². The minimum Gasteiger partial charge on any atom is -0.0841 e. The lowest BCUT2D eigenvalue weighted by molar-refractivity contribution is 0.590. The van der Waals surface area contributed by atoms with E-state index >= 15 is 0 Å². The van der Waals surface area contributed by atoms with Gasteiger partial charge in [0.2, 0.25) is 0 Å². The molecule has 0 heteroatoms. The second-order valence-electron chi connectivity index (χ2n) is 4.80. The van der Waals surface area contributed by atoms with Crippen molar-refractivity contribution in [1.29, 1.82) is 0 Å². The maximum Gasteiger partial charge on any atom is -0.0132 e. The van der Waals surface area contributed by atoms with Crippen molar-refractivity contribution >= 4 is 5.57 Å². The normalized spacial score (nSPS) is 13.1. The predicted molar refractivity (Wildman–Crippen MR) is 64.5 cm³/mol. The van der Waals surface area contributed by atoms with E-state index in [1.54, 1.807) is 0 Å². The molecule has 0 spiro atoms. The van der Waals surface area contributed by atoms with Crippen LogP contribution in [0.15, 0.2) is 30.3 Å². The summed E-state index contributed by atoms with van der Waals surface area (Å²) in [5, 5.41) is 0. The van der Waals surface area contributed by atoms with Gasteiger partial charge in [-0.3, -0.25) is 0 Å². The minimum atomic E-state index is 0.240. The molecule has 0 fully saturated rings. The molecule has 0 aromatic heterocycles. The average molecular weight is 188 g/mol. The molecule has 0 aliphatic heterocycles. The van der Waals surface area contributed by atoms with E-state index in [4.69, 9.17) is 0 Å². The van der Waals surface area contributed by atoms with Crippen molar-refractivity contribution in [3.05, 3.63) is 41.5 Å². The summed E-state index contributed by atoms with van der Waals surface area (Å²) in [6.45, 7) is 11.0. The van der Waals surface area contributed by atoms with Crippen LogP contribution in [-0.4, -0.2) is 0 Å². The van der Waals surface area contributed by atoms with Crippen LogP contribution >= 0.6 is 0 Å². The van der Waals surface area contributed by atoms with Crippen LogP contribution in [0.2, 0.25) is 0 Å². The van der Waals surface area contributed by atoms with Crippen LogP contribution in [0.4, 0.5) is 0 Å². The molecule has 0 nitrogen and oxygen atoms in total. The second kappa shape index (κ2) is 4.00. The van der Waals surface area contributed by atoms with Crippen LogP contribution in [-0.2, 0) is 5.41 Å². The van der Waals surface area contributed by atoms with Gasteiger partial charge in [0.15, 0.2) is 0 Å². The summed E-state index contributed by atoms with van der Waals surface area (Å²) in [6.07, 6.45) is 2.15. The van der Waals surface area contributed by atoms with Crippen LogP contribution in [0.3, 0.4) is 0 Å². The number of hydrogen-bond donors (Lipinski definition) is 0. The number of benzene rings is 1. The summed E-state index contributed by atoms with van der Waals surface area (Å²) < 4.78 is 0. The van der Waals surface area contributed by atoms with E-state index in [9.17, 15) is 0 Å². The zero-order chi connectivity index (χ0) is 10.8. The van der Waals surface area contributed by atoms with Gasteiger partial charge >= 0.3 is 0 Å². The standard InChI is InChI=1S/C14H20/c1-6-11(2)12-8-7-9-13(10-12)14(3,4)5/h6-10H,1-5H3/b11-6+. The van der Waals surface area contributed by atoms with E-state index < -0.39 is 0 Å². The Kier molecular flexibility index (Phi) is 3.15. The van der Waals surface area contributed by atoms with Crippen LogP contribution in [0.1, 0.15) is 45.7 Å². The summed E-state index contributed by atoms with van der Waals surface area (Å²) in [5.74, 6) is 0. The first-order valence-corrected chi connectivity index (χ1v) is 5.19. The van der Waals surface area contributed by atoms with E-state index in [2.05, 4.69) is 65.0 Å². The summed E-state index contributed by atoms with van der Waals surface area (Å²) in [5.41, 5.74) is 4.32. The fourth-order valence-electron chi connectivity index (χ4n) is 1.40. The molecule has 0 saturated carbocycles. The summed E-state index contributed by atoms with van der Waals surface area (Å²) >= 11 is 0. The first-order chi connectivity index (χ1) is 6.45. The Labute approximate surface area is 87.7 Å². The Bertz CT molecular complexity index is 337. The quantitative estimate of drug-likeness (QED) is 0.612. The Morgan fingerprint density at radius 2 is 1.86 bits per heavy atom. The average Bonchev–Trinajstić information content (AvgIpc) is 2.15. The lowest BCUT2D eigenvalue weighted by Crippen LogP contribution is -2.10. The smallest absolute Gasteiger partial charge is 0.0132 e. The topological polar surface area (TPSA) is 0 Å². The van der Waals surface area contributed by atoms with Crippen molar-refractivity contribution in [2.24, 2.45) is 0 Å².